The molecule has 1 atom stereocenters. The molecular formula is C28H28BrCl2N5O6S. The number of piperazine rings is 1. The zero-order chi connectivity index (χ0) is 31.1. The number of nitrogens with zero attached hydrogens (tertiary/aromatic N) is 5. The smallest absolute Gasteiger partial charge is 0.306 e. The lowest BCUT2D eigenvalue weighted by Crippen LogP contribution is -2.51. The third-order valence-corrected chi connectivity index (χ3v) is 10.4. The summed E-state index contributed by atoms with van der Waals surface area (Å²) >= 11 is 16.0. The Morgan fingerprint density at radius 3 is 2.26 bits per heavy atom. The molecule has 2 aliphatic heterocycles. The summed E-state index contributed by atoms with van der Waals surface area (Å²) in [4.78, 5) is 45.5. The minimum atomic E-state index is -4.15. The SMILES string of the molecule is COC(=O)CCC(=O)N1CCN(S(=O)(=O)c2cnc3n2C(C)(Cc2ccc(Br)cc2)C(=O)N3c2cc(Cl)cc(Cl)c2)CC1. The van der Waals surface area contributed by atoms with E-state index in [0.717, 1.165) is 10.0 Å². The summed E-state index contributed by atoms with van der Waals surface area (Å²) in [5.41, 5.74) is -0.202. The van der Waals surface area contributed by atoms with Crippen LogP contribution < -0.4 is 4.90 Å². The first kappa shape index (κ1) is 31.5. The highest BCUT2D eigenvalue weighted by atomic mass is 79.9. The van der Waals surface area contributed by atoms with Crippen molar-refractivity contribution in [2.75, 3.05) is 38.2 Å². The van der Waals surface area contributed by atoms with Gasteiger partial charge in [-0.1, -0.05) is 51.3 Å². The molecule has 1 fully saturated rings. The summed E-state index contributed by atoms with van der Waals surface area (Å²) in [5, 5.41) is 0.472. The lowest BCUT2D eigenvalue weighted by Gasteiger charge is -2.34. The van der Waals surface area contributed by atoms with Crippen molar-refractivity contribution in [2.45, 2.75) is 36.8 Å². The van der Waals surface area contributed by atoms with Crippen LogP contribution in [-0.4, -0.2) is 78.2 Å². The molecular weight excluding hydrogens is 685 g/mol. The van der Waals surface area contributed by atoms with Gasteiger partial charge >= 0.3 is 5.97 Å². The van der Waals surface area contributed by atoms with Crippen molar-refractivity contribution in [3.8, 4) is 0 Å². The standard InChI is InChI=1S/C28H28BrCl2N5O6S/c1-28(16-18-3-5-19(29)6-4-18)26(39)35(22-14-20(30)13-21(31)15-22)27-32-17-24(36(27)28)43(40,41)34-11-9-33(10-12-34)23(37)7-8-25(38)42-2/h3-6,13-15,17H,7-12,16H2,1-2H3. The molecule has 0 spiro atoms. The summed E-state index contributed by atoms with van der Waals surface area (Å²) in [6.45, 7) is 2.08. The summed E-state index contributed by atoms with van der Waals surface area (Å²) in [5.74, 6) is -1.01. The van der Waals surface area contributed by atoms with Gasteiger partial charge in [-0.3, -0.25) is 19.0 Å². The number of imidazole rings is 1. The van der Waals surface area contributed by atoms with Crippen LogP contribution in [0.5, 0.6) is 0 Å². The number of anilines is 2. The molecule has 3 heterocycles. The topological polar surface area (TPSA) is 122 Å². The van der Waals surface area contributed by atoms with Crippen molar-refractivity contribution in [1.29, 1.82) is 0 Å². The summed E-state index contributed by atoms with van der Waals surface area (Å²) < 4.78 is 36.4. The number of methoxy groups -OCH3 is 1. The molecule has 0 radical (unpaired) electrons. The van der Waals surface area contributed by atoms with E-state index >= 15 is 0 Å². The molecule has 5 rings (SSSR count). The van der Waals surface area contributed by atoms with Gasteiger partial charge in [0.05, 0.1) is 25.4 Å². The van der Waals surface area contributed by atoms with E-state index in [0.29, 0.717) is 15.7 Å². The molecule has 11 nitrogen and oxygen atoms in total. The first-order valence-corrected chi connectivity index (χ1v) is 16.3. The molecule has 43 heavy (non-hydrogen) atoms. The van der Waals surface area contributed by atoms with Gasteiger partial charge in [-0.25, -0.2) is 18.3 Å². The Morgan fingerprint density at radius 2 is 1.65 bits per heavy atom. The summed E-state index contributed by atoms with van der Waals surface area (Å²) in [6, 6.07) is 12.1. The van der Waals surface area contributed by atoms with Crippen molar-refractivity contribution in [2.24, 2.45) is 0 Å². The predicted octanol–water partition coefficient (Wildman–Crippen LogP) is 4.37. The number of carbonyl (C=O) groups is 3. The predicted molar refractivity (Wildman–Crippen MR) is 164 cm³/mol. The zero-order valence-corrected chi connectivity index (χ0v) is 27.2. The van der Waals surface area contributed by atoms with Gasteiger partial charge in [0.25, 0.3) is 15.9 Å². The van der Waals surface area contributed by atoms with Crippen LogP contribution in [0, 0.1) is 0 Å². The molecule has 2 aromatic carbocycles. The fourth-order valence-electron chi connectivity index (χ4n) is 5.39. The molecule has 1 aromatic heterocycles. The van der Waals surface area contributed by atoms with Crippen LogP contribution in [0.4, 0.5) is 11.6 Å². The van der Waals surface area contributed by atoms with E-state index in [1.54, 1.807) is 19.1 Å². The average Bonchev–Trinajstić information content (AvgIpc) is 3.50. The van der Waals surface area contributed by atoms with E-state index < -0.39 is 27.4 Å². The normalized spacial score (nSPS) is 19.0. The monoisotopic (exact) mass is 711 g/mol. The number of esters is 1. The number of aromatic nitrogens is 2. The Balaban J connectivity index is 1.49. The second kappa shape index (κ2) is 12.2. The van der Waals surface area contributed by atoms with Crippen LogP contribution in [0.15, 0.2) is 58.2 Å². The minimum Gasteiger partial charge on any atom is -0.469 e. The van der Waals surface area contributed by atoms with Crippen molar-refractivity contribution >= 4 is 78.6 Å². The lowest BCUT2D eigenvalue weighted by atomic mass is 9.92. The highest BCUT2D eigenvalue weighted by Crippen LogP contribution is 2.45. The van der Waals surface area contributed by atoms with Crippen LogP contribution >= 0.6 is 39.1 Å². The second-order valence-electron chi connectivity index (χ2n) is 10.4. The maximum absolute atomic E-state index is 14.2. The molecule has 2 amide bonds. The molecule has 0 bridgehead atoms. The highest BCUT2D eigenvalue weighted by Gasteiger charge is 2.52. The van der Waals surface area contributed by atoms with Crippen LogP contribution in [-0.2, 0) is 41.1 Å². The van der Waals surface area contributed by atoms with Crippen LogP contribution in [0.3, 0.4) is 0 Å². The van der Waals surface area contributed by atoms with Gasteiger partial charge < -0.3 is 9.64 Å². The summed E-state index contributed by atoms with van der Waals surface area (Å²) in [6.07, 6.45) is 1.37. The first-order chi connectivity index (χ1) is 20.3. The molecule has 0 N–H and O–H groups in total. The molecule has 15 heteroatoms. The zero-order valence-electron chi connectivity index (χ0n) is 23.3. The maximum Gasteiger partial charge on any atom is 0.306 e. The Hall–Kier alpha value is -2.97. The Labute approximate surface area is 267 Å². The number of ether oxygens (including phenoxy) is 1. The fourth-order valence-corrected chi connectivity index (χ4v) is 7.78. The maximum atomic E-state index is 14.2. The van der Waals surface area contributed by atoms with Crippen LogP contribution in [0.2, 0.25) is 10.0 Å². The Kier molecular flexibility index (Phi) is 8.92. The Bertz CT molecular complexity index is 1670. The van der Waals surface area contributed by atoms with E-state index in [-0.39, 0.29) is 62.3 Å². The third-order valence-electron chi connectivity index (χ3n) is 7.60. The number of halogens is 3. The van der Waals surface area contributed by atoms with E-state index in [2.05, 4.69) is 25.7 Å². The minimum absolute atomic E-state index is 0.0184. The van der Waals surface area contributed by atoms with Crippen LogP contribution in [0.1, 0.15) is 25.3 Å². The molecule has 0 saturated carbocycles. The number of fused-ring (bicyclic) bond motifs is 1. The van der Waals surface area contributed by atoms with Gasteiger partial charge in [-0.2, -0.15) is 4.31 Å². The lowest BCUT2D eigenvalue weighted by molar-refractivity contribution is -0.143. The van der Waals surface area contributed by atoms with Crippen molar-refractivity contribution < 1.29 is 27.5 Å². The van der Waals surface area contributed by atoms with Crippen molar-refractivity contribution in [1.82, 2.24) is 18.8 Å². The van der Waals surface area contributed by atoms with Gasteiger partial charge in [-0.05, 0) is 42.8 Å². The number of sulfonamides is 1. The summed E-state index contributed by atoms with van der Waals surface area (Å²) in [7, 11) is -2.90. The number of hydrogen-bond donors (Lipinski definition) is 0. The quantitative estimate of drug-likeness (QED) is 0.318. The molecule has 0 aliphatic carbocycles. The van der Waals surface area contributed by atoms with Crippen molar-refractivity contribution in [3.63, 3.8) is 0 Å². The number of amides is 2. The molecule has 1 unspecified atom stereocenters. The third kappa shape index (κ3) is 6.05. The van der Waals surface area contributed by atoms with Crippen LogP contribution in [0.25, 0.3) is 0 Å². The fraction of sp³-hybridized carbons (Fsp3) is 0.357. The first-order valence-electron chi connectivity index (χ1n) is 13.3. The number of carbonyl (C=O) groups excluding carboxylic acids is 3. The molecule has 2 aliphatic rings. The highest BCUT2D eigenvalue weighted by molar-refractivity contribution is 9.10. The van der Waals surface area contributed by atoms with Crippen molar-refractivity contribution in [3.05, 3.63) is 68.7 Å². The molecule has 3 aromatic rings. The van der Waals surface area contributed by atoms with E-state index in [1.807, 2.05) is 24.3 Å². The number of hydrogen-bond acceptors (Lipinski definition) is 7. The molecule has 228 valence electrons. The largest absolute Gasteiger partial charge is 0.469 e. The van der Waals surface area contributed by atoms with E-state index in [9.17, 15) is 22.8 Å². The molecule has 1 saturated heterocycles. The second-order valence-corrected chi connectivity index (χ2v) is 14.1. The Morgan fingerprint density at radius 1 is 1.02 bits per heavy atom. The number of rotatable bonds is 8. The van der Waals surface area contributed by atoms with E-state index in [1.165, 1.54) is 38.0 Å². The van der Waals surface area contributed by atoms with Gasteiger partial charge in [0.1, 0.15) is 5.54 Å². The van der Waals surface area contributed by atoms with Gasteiger partial charge in [0.15, 0.2) is 5.03 Å². The average molecular weight is 713 g/mol. The van der Waals surface area contributed by atoms with Gasteiger partial charge in [-0.15, -0.1) is 0 Å². The number of benzene rings is 2. The van der Waals surface area contributed by atoms with E-state index in [4.69, 9.17) is 23.2 Å². The van der Waals surface area contributed by atoms with Gasteiger partial charge in [0, 0.05) is 53.5 Å². The van der Waals surface area contributed by atoms with Gasteiger partial charge in [0.2, 0.25) is 11.9 Å².